The van der Waals surface area contributed by atoms with Gasteiger partial charge in [0.15, 0.2) is 9.84 Å². The van der Waals surface area contributed by atoms with Crippen molar-refractivity contribution in [3.05, 3.63) is 71.9 Å². The highest BCUT2D eigenvalue weighted by molar-refractivity contribution is 7.90. The maximum Gasteiger partial charge on any atom is 0.305 e. The number of fused-ring (bicyclic) bond motifs is 2. The molecule has 10 nitrogen and oxygen atoms in total. The average Bonchev–Trinajstić information content (AvgIpc) is 3.30. The minimum Gasteiger partial charge on any atom is -0.493 e. The van der Waals surface area contributed by atoms with Crippen molar-refractivity contribution in [2.24, 2.45) is 0 Å². The van der Waals surface area contributed by atoms with Crippen molar-refractivity contribution < 1.29 is 23.1 Å². The topological polar surface area (TPSA) is 136 Å². The van der Waals surface area contributed by atoms with Gasteiger partial charge in [-0.2, -0.15) is 5.10 Å². The van der Waals surface area contributed by atoms with Crippen LogP contribution >= 0.6 is 0 Å². The van der Waals surface area contributed by atoms with Crippen LogP contribution in [0.15, 0.2) is 59.9 Å². The van der Waals surface area contributed by atoms with Gasteiger partial charge in [-0.3, -0.25) is 19.4 Å². The number of carboxylic acids is 1. The molecule has 0 fully saturated rings. The molecule has 192 valence electrons. The van der Waals surface area contributed by atoms with Crippen LogP contribution in [0, 0.1) is 0 Å². The Morgan fingerprint density at radius 2 is 2.05 bits per heavy atom. The lowest BCUT2D eigenvalue weighted by molar-refractivity contribution is -0.137. The molecule has 3 aromatic heterocycles. The van der Waals surface area contributed by atoms with Gasteiger partial charge in [0.2, 0.25) is 0 Å². The third-order valence-electron chi connectivity index (χ3n) is 6.34. The van der Waals surface area contributed by atoms with E-state index in [0.717, 1.165) is 48.1 Å². The number of rotatable bonds is 9. The van der Waals surface area contributed by atoms with E-state index in [4.69, 9.17) is 9.72 Å². The number of pyridine rings is 2. The van der Waals surface area contributed by atoms with Crippen LogP contribution in [-0.2, 0) is 27.5 Å². The first-order valence-electron chi connectivity index (χ1n) is 12.0. The average molecular weight is 522 g/mol. The number of sulfone groups is 1. The van der Waals surface area contributed by atoms with Gasteiger partial charge < -0.3 is 15.2 Å². The maximum absolute atomic E-state index is 12.0. The van der Waals surface area contributed by atoms with Crippen molar-refractivity contribution in [3.8, 4) is 5.75 Å². The van der Waals surface area contributed by atoms with Crippen molar-refractivity contribution >= 4 is 32.4 Å². The van der Waals surface area contributed by atoms with Gasteiger partial charge in [-0.25, -0.2) is 8.42 Å². The second-order valence-electron chi connectivity index (χ2n) is 9.08. The van der Waals surface area contributed by atoms with Gasteiger partial charge >= 0.3 is 5.97 Å². The summed E-state index contributed by atoms with van der Waals surface area (Å²) in [7, 11) is -3.50. The Hall–Kier alpha value is -3.99. The first-order chi connectivity index (χ1) is 17.8. The first kappa shape index (κ1) is 24.7. The Bertz CT molecular complexity index is 1570. The number of hydrogen-bond donors (Lipinski definition) is 2. The molecule has 0 bridgehead atoms. The third-order valence-corrected chi connectivity index (χ3v) is 7.42. The summed E-state index contributed by atoms with van der Waals surface area (Å²) in [6.07, 6.45) is 7.90. The van der Waals surface area contributed by atoms with E-state index in [-0.39, 0.29) is 11.3 Å². The maximum atomic E-state index is 12.0. The van der Waals surface area contributed by atoms with Crippen LogP contribution < -0.4 is 10.1 Å². The third kappa shape index (κ3) is 5.56. The largest absolute Gasteiger partial charge is 0.493 e. The highest BCUT2D eigenvalue weighted by Gasteiger charge is 2.23. The molecule has 1 aliphatic rings. The number of aromatic nitrogens is 4. The second-order valence-corrected chi connectivity index (χ2v) is 11.1. The van der Waals surface area contributed by atoms with Gasteiger partial charge in [-0.05, 0) is 54.8 Å². The summed E-state index contributed by atoms with van der Waals surface area (Å²) >= 11 is 0. The van der Waals surface area contributed by atoms with Crippen molar-refractivity contribution in [1.82, 2.24) is 19.7 Å². The Morgan fingerprint density at radius 1 is 1.19 bits per heavy atom. The van der Waals surface area contributed by atoms with Crippen LogP contribution in [0.1, 0.15) is 35.8 Å². The molecule has 1 aromatic carbocycles. The smallest absolute Gasteiger partial charge is 0.305 e. The van der Waals surface area contributed by atoms with Crippen molar-refractivity contribution in [3.63, 3.8) is 0 Å². The molecule has 1 unspecified atom stereocenters. The Labute approximate surface area is 214 Å². The van der Waals surface area contributed by atoms with E-state index < -0.39 is 21.8 Å². The molecule has 1 atom stereocenters. The fraction of sp³-hybridized carbons (Fsp3) is 0.308. The van der Waals surface area contributed by atoms with Gasteiger partial charge in [-0.1, -0.05) is 0 Å². The number of hydrogen-bond acceptors (Lipinski definition) is 8. The van der Waals surface area contributed by atoms with E-state index in [9.17, 15) is 18.3 Å². The standard InChI is InChI=1S/C26H27N5O5S/c1-37(34,35)21-12-18(14-27-16-21)25(13-26(32)33)31-24-7-5-20(11-17(24)15-29-31)36-10-8-19-4-6-22-23(30-19)3-2-9-28-22/h4-7,11-12,14-16,25,28H,2-3,8-10,13H2,1H3,(H,32,33). The van der Waals surface area contributed by atoms with Crippen LogP contribution in [0.5, 0.6) is 5.75 Å². The number of nitrogens with zero attached hydrogens (tertiary/aromatic N) is 4. The molecular formula is C26H27N5O5S. The zero-order valence-electron chi connectivity index (χ0n) is 20.3. The molecule has 4 heterocycles. The van der Waals surface area contributed by atoms with Crippen molar-refractivity contribution in [1.29, 1.82) is 0 Å². The summed E-state index contributed by atoms with van der Waals surface area (Å²) in [5, 5.41) is 18.1. The lowest BCUT2D eigenvalue weighted by Crippen LogP contribution is -2.17. The minimum atomic E-state index is -3.50. The van der Waals surface area contributed by atoms with Gasteiger partial charge in [0.1, 0.15) is 5.75 Å². The summed E-state index contributed by atoms with van der Waals surface area (Å²) in [6, 6.07) is 10.3. The van der Waals surface area contributed by atoms with Crippen molar-refractivity contribution in [2.45, 2.75) is 36.6 Å². The molecule has 0 radical (unpaired) electrons. The lowest BCUT2D eigenvalue weighted by Gasteiger charge is -2.18. The fourth-order valence-electron chi connectivity index (χ4n) is 4.49. The SMILES string of the molecule is CS(=O)(=O)c1cncc(C(CC(=O)O)n2ncc3cc(OCCc4ccc5c(n4)CCCN5)ccc32)c1. The molecule has 11 heteroatoms. The van der Waals surface area contributed by atoms with Crippen molar-refractivity contribution in [2.75, 3.05) is 24.7 Å². The van der Waals surface area contributed by atoms with Crippen LogP contribution in [0.25, 0.3) is 10.9 Å². The molecule has 0 saturated carbocycles. The van der Waals surface area contributed by atoms with E-state index in [1.54, 1.807) is 10.9 Å². The van der Waals surface area contributed by atoms with E-state index in [2.05, 4.69) is 21.5 Å². The minimum absolute atomic E-state index is 0.0252. The highest BCUT2D eigenvalue weighted by Crippen LogP contribution is 2.29. The van der Waals surface area contributed by atoms with E-state index in [1.165, 1.54) is 18.5 Å². The molecule has 0 spiro atoms. The van der Waals surface area contributed by atoms with Gasteiger partial charge in [0.05, 0.1) is 47.1 Å². The lowest BCUT2D eigenvalue weighted by atomic mass is 10.1. The number of ether oxygens (including phenoxy) is 1. The zero-order chi connectivity index (χ0) is 26.0. The number of anilines is 1. The molecule has 4 aromatic rings. The van der Waals surface area contributed by atoms with Crippen LogP contribution in [0.3, 0.4) is 0 Å². The molecule has 37 heavy (non-hydrogen) atoms. The normalized spacial score (nSPS) is 14.1. The number of aliphatic carboxylic acids is 1. The molecule has 2 N–H and O–H groups in total. The molecule has 1 aliphatic heterocycles. The summed E-state index contributed by atoms with van der Waals surface area (Å²) < 4.78 is 31.6. The number of benzene rings is 1. The van der Waals surface area contributed by atoms with E-state index in [1.807, 2.05) is 24.3 Å². The molecule has 0 amide bonds. The zero-order valence-corrected chi connectivity index (χ0v) is 21.1. The van der Waals surface area contributed by atoms with E-state index in [0.29, 0.717) is 29.9 Å². The van der Waals surface area contributed by atoms with Gasteiger partial charge in [-0.15, -0.1) is 0 Å². The van der Waals surface area contributed by atoms with Crippen LogP contribution in [0.2, 0.25) is 0 Å². The number of aryl methyl sites for hydroxylation is 1. The quantitative estimate of drug-likeness (QED) is 0.340. The van der Waals surface area contributed by atoms with Gasteiger partial charge in [0, 0.05) is 42.7 Å². The molecule has 0 saturated heterocycles. The number of carbonyl (C=O) groups is 1. The Balaban J connectivity index is 1.34. The summed E-state index contributed by atoms with van der Waals surface area (Å²) in [5.74, 6) is -0.368. The fourth-order valence-corrected chi connectivity index (χ4v) is 5.09. The Kier molecular flexibility index (Phi) is 6.79. The molecular weight excluding hydrogens is 494 g/mol. The molecule has 5 rings (SSSR count). The van der Waals surface area contributed by atoms with Gasteiger partial charge in [0.25, 0.3) is 0 Å². The monoisotopic (exact) mass is 521 g/mol. The van der Waals surface area contributed by atoms with Crippen LogP contribution in [-0.4, -0.2) is 58.6 Å². The van der Waals surface area contributed by atoms with E-state index >= 15 is 0 Å². The summed E-state index contributed by atoms with van der Waals surface area (Å²) in [4.78, 5) is 20.4. The first-order valence-corrected chi connectivity index (χ1v) is 13.9. The second kappa shape index (κ2) is 10.2. The molecule has 0 aliphatic carbocycles. The predicted octanol–water partition coefficient (Wildman–Crippen LogP) is 3.27. The highest BCUT2D eigenvalue weighted by atomic mass is 32.2. The number of carboxylic acid groups (broad SMARTS) is 1. The predicted molar refractivity (Wildman–Crippen MR) is 138 cm³/mol. The van der Waals surface area contributed by atoms with Crippen LogP contribution in [0.4, 0.5) is 5.69 Å². The summed E-state index contributed by atoms with van der Waals surface area (Å²) in [5.41, 5.74) is 4.34. The number of nitrogens with one attached hydrogen (secondary N) is 1. The Morgan fingerprint density at radius 3 is 2.86 bits per heavy atom. The summed E-state index contributed by atoms with van der Waals surface area (Å²) in [6.45, 7) is 1.45.